The van der Waals surface area contributed by atoms with Gasteiger partial charge < -0.3 is 20.1 Å². The molecule has 1 aliphatic heterocycles. The summed E-state index contributed by atoms with van der Waals surface area (Å²) < 4.78 is 11.3. The van der Waals surface area contributed by atoms with Gasteiger partial charge in [0, 0.05) is 18.6 Å². The third kappa shape index (κ3) is 3.19. The Balaban J connectivity index is 2.23. The normalized spacial score (nSPS) is 14.5. The van der Waals surface area contributed by atoms with Gasteiger partial charge in [0.15, 0.2) is 11.5 Å². The van der Waals surface area contributed by atoms with Gasteiger partial charge in [-0.3, -0.25) is 0 Å². The predicted molar refractivity (Wildman–Crippen MR) is 77.1 cm³/mol. The van der Waals surface area contributed by atoms with Gasteiger partial charge in [0.2, 0.25) is 0 Å². The van der Waals surface area contributed by atoms with Crippen molar-refractivity contribution >= 4 is 0 Å². The molecule has 0 unspecified atom stereocenters. The Hall–Kier alpha value is -1.26. The van der Waals surface area contributed by atoms with Gasteiger partial charge in [-0.2, -0.15) is 0 Å². The lowest BCUT2D eigenvalue weighted by Crippen LogP contribution is -2.37. The van der Waals surface area contributed by atoms with E-state index >= 15 is 0 Å². The molecule has 4 nitrogen and oxygen atoms in total. The first-order valence-electron chi connectivity index (χ1n) is 6.80. The maximum Gasteiger partial charge on any atom is 0.161 e. The van der Waals surface area contributed by atoms with Gasteiger partial charge in [0.1, 0.15) is 13.2 Å². The molecule has 0 spiro atoms. The van der Waals surface area contributed by atoms with Crippen LogP contribution < -0.4 is 20.1 Å². The van der Waals surface area contributed by atoms with E-state index in [1.165, 1.54) is 11.1 Å². The van der Waals surface area contributed by atoms with Gasteiger partial charge in [-0.25, -0.2) is 0 Å². The van der Waals surface area contributed by atoms with Gasteiger partial charge in [0.05, 0.1) is 0 Å². The van der Waals surface area contributed by atoms with Crippen molar-refractivity contribution in [2.45, 2.75) is 26.2 Å². The first kappa shape index (κ1) is 14.2. The molecule has 0 bridgehead atoms. The van der Waals surface area contributed by atoms with E-state index in [9.17, 15) is 0 Å². The minimum absolute atomic E-state index is 0.0524. The Morgan fingerprint density at radius 3 is 2.42 bits per heavy atom. The Morgan fingerprint density at radius 2 is 1.79 bits per heavy atom. The van der Waals surface area contributed by atoms with Crippen LogP contribution >= 0.6 is 0 Å². The zero-order valence-corrected chi connectivity index (χ0v) is 12.3. The second kappa shape index (κ2) is 5.80. The maximum atomic E-state index is 5.68. The quantitative estimate of drug-likeness (QED) is 0.629. The lowest BCUT2D eigenvalue weighted by atomic mass is 9.81. The van der Waals surface area contributed by atoms with Crippen LogP contribution in [0.5, 0.6) is 11.5 Å². The summed E-state index contributed by atoms with van der Waals surface area (Å²) in [5, 5.41) is 6.50. The molecule has 0 fully saturated rings. The van der Waals surface area contributed by atoms with Crippen LogP contribution in [0, 0.1) is 6.92 Å². The van der Waals surface area contributed by atoms with E-state index < -0.39 is 0 Å². The van der Waals surface area contributed by atoms with Crippen LogP contribution in [0.3, 0.4) is 0 Å². The molecule has 106 valence electrons. The lowest BCUT2D eigenvalue weighted by molar-refractivity contribution is 0.171. The molecule has 0 radical (unpaired) electrons. The predicted octanol–water partition coefficient (Wildman–Crippen LogP) is 1.81. The first-order chi connectivity index (χ1) is 9.04. The van der Waals surface area contributed by atoms with Gasteiger partial charge >= 0.3 is 0 Å². The van der Waals surface area contributed by atoms with E-state index in [2.05, 4.69) is 43.5 Å². The highest BCUT2D eigenvalue weighted by Gasteiger charge is 2.25. The van der Waals surface area contributed by atoms with Crippen molar-refractivity contribution in [1.82, 2.24) is 10.6 Å². The van der Waals surface area contributed by atoms with Crippen LogP contribution in [0.2, 0.25) is 0 Å². The van der Waals surface area contributed by atoms with Crippen molar-refractivity contribution in [3.63, 3.8) is 0 Å². The number of nitrogens with one attached hydrogen (secondary N) is 2. The number of benzene rings is 1. The molecule has 1 aromatic rings. The molecule has 0 atom stereocenters. The minimum atomic E-state index is 0.0524. The van der Waals surface area contributed by atoms with E-state index in [0.29, 0.717) is 13.2 Å². The molecule has 0 aromatic heterocycles. The lowest BCUT2D eigenvalue weighted by Gasteiger charge is -2.29. The number of aryl methyl sites for hydroxylation is 1. The van der Waals surface area contributed by atoms with E-state index in [1.807, 2.05) is 7.05 Å². The number of hydrogen-bond acceptors (Lipinski definition) is 4. The molecule has 0 saturated carbocycles. The van der Waals surface area contributed by atoms with E-state index in [-0.39, 0.29) is 5.41 Å². The summed E-state index contributed by atoms with van der Waals surface area (Å²) in [6, 6.07) is 4.22. The van der Waals surface area contributed by atoms with E-state index in [4.69, 9.17) is 9.47 Å². The van der Waals surface area contributed by atoms with Crippen molar-refractivity contribution in [2.75, 3.05) is 33.5 Å². The molecule has 0 amide bonds. The summed E-state index contributed by atoms with van der Waals surface area (Å²) in [5.74, 6) is 1.74. The topological polar surface area (TPSA) is 42.5 Å². The summed E-state index contributed by atoms with van der Waals surface area (Å²) in [6.07, 6.45) is 0. The van der Waals surface area contributed by atoms with Crippen LogP contribution in [0.1, 0.15) is 25.0 Å². The minimum Gasteiger partial charge on any atom is -0.486 e. The largest absolute Gasteiger partial charge is 0.486 e. The smallest absolute Gasteiger partial charge is 0.161 e. The molecule has 2 rings (SSSR count). The zero-order chi connectivity index (χ0) is 13.9. The number of fused-ring (bicyclic) bond motifs is 1. The molecule has 0 saturated heterocycles. The molecule has 19 heavy (non-hydrogen) atoms. The second-order valence-electron chi connectivity index (χ2n) is 5.65. The molecule has 4 heteroatoms. The van der Waals surface area contributed by atoms with Crippen molar-refractivity contribution < 1.29 is 9.47 Å². The average molecular weight is 264 g/mol. The highest BCUT2D eigenvalue weighted by Crippen LogP contribution is 2.37. The van der Waals surface area contributed by atoms with Crippen LogP contribution in [-0.2, 0) is 5.41 Å². The number of hydrogen-bond donors (Lipinski definition) is 2. The first-order valence-corrected chi connectivity index (χ1v) is 6.80. The Morgan fingerprint density at radius 1 is 1.16 bits per heavy atom. The molecule has 1 heterocycles. The summed E-state index contributed by atoms with van der Waals surface area (Å²) in [5.41, 5.74) is 2.61. The Bertz CT molecular complexity index is 444. The summed E-state index contributed by atoms with van der Waals surface area (Å²) in [4.78, 5) is 0. The Kier molecular flexibility index (Phi) is 4.32. The summed E-state index contributed by atoms with van der Waals surface area (Å²) in [7, 11) is 1.94. The van der Waals surface area contributed by atoms with Crippen LogP contribution in [-0.4, -0.2) is 33.5 Å². The molecule has 1 aromatic carbocycles. The van der Waals surface area contributed by atoms with Gasteiger partial charge in [-0.15, -0.1) is 0 Å². The monoisotopic (exact) mass is 264 g/mol. The molecular formula is C15H24N2O2. The third-order valence-corrected chi connectivity index (χ3v) is 3.49. The fraction of sp³-hybridized carbons (Fsp3) is 0.600. The third-order valence-electron chi connectivity index (χ3n) is 3.49. The average Bonchev–Trinajstić information content (AvgIpc) is 2.38. The van der Waals surface area contributed by atoms with E-state index in [1.54, 1.807) is 0 Å². The van der Waals surface area contributed by atoms with Crippen LogP contribution in [0.25, 0.3) is 0 Å². The molecule has 0 aliphatic carbocycles. The highest BCUT2D eigenvalue weighted by molar-refractivity contribution is 5.50. The fourth-order valence-corrected chi connectivity index (χ4v) is 2.51. The molecule has 2 N–H and O–H groups in total. The van der Waals surface area contributed by atoms with Crippen molar-refractivity contribution in [1.29, 1.82) is 0 Å². The van der Waals surface area contributed by atoms with Crippen molar-refractivity contribution in [3.8, 4) is 11.5 Å². The summed E-state index contributed by atoms with van der Waals surface area (Å²) in [6.45, 7) is 9.61. The van der Waals surface area contributed by atoms with Crippen molar-refractivity contribution in [3.05, 3.63) is 23.3 Å². The van der Waals surface area contributed by atoms with Crippen LogP contribution in [0.15, 0.2) is 12.1 Å². The van der Waals surface area contributed by atoms with Crippen molar-refractivity contribution in [2.24, 2.45) is 0 Å². The summed E-state index contributed by atoms with van der Waals surface area (Å²) >= 11 is 0. The SMILES string of the molecule is CNCNCC(C)(C)c1cc2c(cc1C)OCCO2. The molecular weight excluding hydrogens is 240 g/mol. The maximum absolute atomic E-state index is 5.68. The second-order valence-corrected chi connectivity index (χ2v) is 5.65. The zero-order valence-electron chi connectivity index (χ0n) is 12.3. The van der Waals surface area contributed by atoms with Gasteiger partial charge in [-0.05, 0) is 37.2 Å². The standard InChI is InChI=1S/C15H24N2O2/c1-11-7-13-14(19-6-5-18-13)8-12(11)15(2,3)9-17-10-16-4/h7-8,16-17H,5-6,9-10H2,1-4H3. The number of rotatable bonds is 5. The molecule has 1 aliphatic rings. The Labute approximate surface area is 115 Å². The van der Waals surface area contributed by atoms with Gasteiger partial charge in [-0.1, -0.05) is 13.8 Å². The van der Waals surface area contributed by atoms with Gasteiger partial charge in [0.25, 0.3) is 0 Å². The fourth-order valence-electron chi connectivity index (χ4n) is 2.51. The van der Waals surface area contributed by atoms with E-state index in [0.717, 1.165) is 24.7 Å². The highest BCUT2D eigenvalue weighted by atomic mass is 16.6. The number of ether oxygens (including phenoxy) is 2. The van der Waals surface area contributed by atoms with Crippen LogP contribution in [0.4, 0.5) is 0 Å².